The number of amides is 1. The minimum atomic E-state index is -4.87. The van der Waals surface area contributed by atoms with Gasteiger partial charge in [0.05, 0.1) is 22.2 Å². The monoisotopic (exact) mass is 509 g/mol. The number of aromatic nitrogens is 1. The number of nitrogens with zero attached hydrogens (tertiary/aromatic N) is 1. The molecule has 11 heteroatoms. The molecule has 0 spiro atoms. The number of piperidine rings is 1. The molecule has 0 radical (unpaired) electrons. The third-order valence-electron chi connectivity index (χ3n) is 7.59. The molecule has 2 aliphatic rings. The van der Waals surface area contributed by atoms with Gasteiger partial charge in [-0.05, 0) is 57.0 Å². The summed E-state index contributed by atoms with van der Waals surface area (Å²) in [5.74, 6) is -0.843. The lowest BCUT2D eigenvalue weighted by Gasteiger charge is -2.70. The van der Waals surface area contributed by atoms with E-state index in [9.17, 15) is 35.9 Å². The van der Waals surface area contributed by atoms with Crippen LogP contribution in [0.4, 0.5) is 37.7 Å². The van der Waals surface area contributed by atoms with E-state index in [0.717, 1.165) is 37.2 Å². The fourth-order valence-electron chi connectivity index (χ4n) is 5.77. The van der Waals surface area contributed by atoms with Crippen LogP contribution < -0.4 is 15.6 Å². The van der Waals surface area contributed by atoms with Crippen molar-refractivity contribution in [1.29, 1.82) is 0 Å². The zero-order valence-corrected chi connectivity index (χ0v) is 19.1. The van der Waals surface area contributed by atoms with Crippen LogP contribution in [-0.2, 0) is 12.4 Å². The van der Waals surface area contributed by atoms with Gasteiger partial charge < -0.3 is 15.2 Å². The maximum atomic E-state index is 14.0. The number of hydrogen-bond donors (Lipinski definition) is 2. The average Bonchev–Trinajstić information content (AvgIpc) is 2.78. The summed E-state index contributed by atoms with van der Waals surface area (Å²) in [7, 11) is 0. The standard InChI is InChI=1S/C25H21F6N3O2/c1-12-15-8-9-23(15,2)34(12)13-6-7-18(17(10-13)25(29,30)31)33-22(36)14-11-32-19-5-3-4-16(24(26,27)28)20(19)21(14)35/h3-7,10-12,15H,8-9H2,1-2H3,(H,32,35)(H,33,36). The fraction of sp³-hybridized carbons (Fsp3) is 0.360. The highest BCUT2D eigenvalue weighted by molar-refractivity contribution is 6.06. The normalized spacial score (nSPS) is 23.6. The van der Waals surface area contributed by atoms with Gasteiger partial charge in [0.15, 0.2) is 0 Å². The quantitative estimate of drug-likeness (QED) is 0.414. The van der Waals surface area contributed by atoms with E-state index >= 15 is 0 Å². The Labute approximate surface area is 201 Å². The SMILES string of the molecule is CC1C2CCC2(C)N1c1ccc(NC(=O)c2c[nH]c3cccc(C(F)(F)F)c3c2=O)c(C(F)(F)F)c1. The largest absolute Gasteiger partial charge is 0.418 e. The predicted octanol–water partition coefficient (Wildman–Crippen LogP) is 6.20. The molecule has 2 fully saturated rings. The number of pyridine rings is 1. The summed E-state index contributed by atoms with van der Waals surface area (Å²) >= 11 is 0. The maximum absolute atomic E-state index is 14.0. The number of carbonyl (C=O) groups excluding carboxylic acids is 1. The molecule has 1 saturated heterocycles. The Kier molecular flexibility index (Phi) is 5.21. The summed E-state index contributed by atoms with van der Waals surface area (Å²) in [6, 6.07) is 6.63. The molecule has 190 valence electrons. The molecule has 1 aliphatic carbocycles. The second-order valence-electron chi connectivity index (χ2n) is 9.55. The first kappa shape index (κ1) is 24.2. The van der Waals surface area contributed by atoms with Gasteiger partial charge in [-0.1, -0.05) is 6.07 Å². The Hall–Kier alpha value is -3.50. The van der Waals surface area contributed by atoms with Gasteiger partial charge in [0, 0.05) is 34.9 Å². The highest BCUT2D eigenvalue weighted by Gasteiger charge is 2.61. The molecule has 2 N–H and O–H groups in total. The van der Waals surface area contributed by atoms with E-state index in [0.29, 0.717) is 17.7 Å². The highest BCUT2D eigenvalue weighted by Crippen LogP contribution is 2.58. The molecule has 36 heavy (non-hydrogen) atoms. The number of hydrogen-bond acceptors (Lipinski definition) is 3. The summed E-state index contributed by atoms with van der Waals surface area (Å²) in [6.45, 7) is 3.96. The van der Waals surface area contributed by atoms with Gasteiger partial charge in [0.25, 0.3) is 5.91 Å². The number of anilines is 2. The molecule has 3 unspecified atom stereocenters. The number of nitrogens with one attached hydrogen (secondary N) is 2. The third kappa shape index (κ3) is 3.55. The molecule has 1 aromatic heterocycles. The number of rotatable bonds is 3. The number of H-pyrrole nitrogens is 1. The van der Waals surface area contributed by atoms with Crippen LogP contribution in [-0.4, -0.2) is 22.5 Å². The maximum Gasteiger partial charge on any atom is 0.418 e. The van der Waals surface area contributed by atoms with Crippen molar-refractivity contribution in [1.82, 2.24) is 4.98 Å². The van der Waals surface area contributed by atoms with Crippen molar-refractivity contribution in [3.8, 4) is 0 Å². The fourth-order valence-corrected chi connectivity index (χ4v) is 5.77. The lowest BCUT2D eigenvalue weighted by molar-refractivity contribution is -0.137. The van der Waals surface area contributed by atoms with Crippen molar-refractivity contribution in [3.63, 3.8) is 0 Å². The lowest BCUT2D eigenvalue weighted by Crippen LogP contribution is -2.76. The molecular weight excluding hydrogens is 488 g/mol. The molecule has 5 rings (SSSR count). The van der Waals surface area contributed by atoms with E-state index in [4.69, 9.17) is 0 Å². The Morgan fingerprint density at radius 2 is 1.78 bits per heavy atom. The first-order valence-electron chi connectivity index (χ1n) is 11.3. The summed E-state index contributed by atoms with van der Waals surface area (Å²) in [5.41, 5.74) is -4.92. The van der Waals surface area contributed by atoms with Crippen molar-refractivity contribution in [2.75, 3.05) is 10.2 Å². The zero-order chi connectivity index (χ0) is 26.2. The number of carbonyl (C=O) groups is 1. The van der Waals surface area contributed by atoms with E-state index in [1.54, 1.807) is 0 Å². The molecule has 5 nitrogen and oxygen atoms in total. The van der Waals surface area contributed by atoms with Crippen LogP contribution in [0.25, 0.3) is 10.9 Å². The summed E-state index contributed by atoms with van der Waals surface area (Å²) in [5, 5.41) is 1.31. The Morgan fingerprint density at radius 3 is 2.36 bits per heavy atom. The molecule has 1 amide bonds. The van der Waals surface area contributed by atoms with Gasteiger partial charge in [0.2, 0.25) is 5.43 Å². The number of alkyl halides is 6. The van der Waals surface area contributed by atoms with E-state index in [1.807, 2.05) is 18.7 Å². The van der Waals surface area contributed by atoms with Crippen LogP contribution in [0.1, 0.15) is 48.2 Å². The Morgan fingerprint density at radius 1 is 1.08 bits per heavy atom. The van der Waals surface area contributed by atoms with Crippen molar-refractivity contribution in [3.05, 3.63) is 69.5 Å². The van der Waals surface area contributed by atoms with Gasteiger partial charge in [0.1, 0.15) is 5.56 Å². The van der Waals surface area contributed by atoms with Crippen LogP contribution in [0.15, 0.2) is 47.4 Å². The van der Waals surface area contributed by atoms with E-state index in [2.05, 4.69) is 10.3 Å². The van der Waals surface area contributed by atoms with E-state index in [1.165, 1.54) is 12.1 Å². The van der Waals surface area contributed by atoms with Crippen molar-refractivity contribution in [2.45, 2.75) is 50.6 Å². The highest BCUT2D eigenvalue weighted by atomic mass is 19.4. The van der Waals surface area contributed by atoms with Gasteiger partial charge in [-0.2, -0.15) is 26.3 Å². The Balaban J connectivity index is 1.52. The second-order valence-corrected chi connectivity index (χ2v) is 9.55. The van der Waals surface area contributed by atoms with Crippen LogP contribution >= 0.6 is 0 Å². The first-order valence-corrected chi connectivity index (χ1v) is 11.3. The lowest BCUT2D eigenvalue weighted by atomic mass is 9.55. The number of aromatic amines is 1. The minimum Gasteiger partial charge on any atom is -0.363 e. The number of fused-ring (bicyclic) bond motifs is 2. The van der Waals surface area contributed by atoms with Crippen LogP contribution in [0, 0.1) is 5.92 Å². The molecular formula is C25H21F6N3O2. The first-order chi connectivity index (χ1) is 16.7. The summed E-state index contributed by atoms with van der Waals surface area (Å²) in [4.78, 5) is 30.1. The molecule has 1 saturated carbocycles. The van der Waals surface area contributed by atoms with Gasteiger partial charge in [-0.15, -0.1) is 0 Å². The van der Waals surface area contributed by atoms with Crippen molar-refractivity contribution >= 4 is 28.2 Å². The van der Waals surface area contributed by atoms with E-state index < -0.39 is 51.5 Å². The zero-order valence-electron chi connectivity index (χ0n) is 19.1. The van der Waals surface area contributed by atoms with Crippen LogP contribution in [0.3, 0.4) is 0 Å². The van der Waals surface area contributed by atoms with Gasteiger partial charge in [-0.25, -0.2) is 0 Å². The van der Waals surface area contributed by atoms with Crippen molar-refractivity contribution in [2.24, 2.45) is 5.92 Å². The van der Waals surface area contributed by atoms with Gasteiger partial charge in [-0.3, -0.25) is 9.59 Å². The van der Waals surface area contributed by atoms with Crippen LogP contribution in [0.2, 0.25) is 0 Å². The molecule has 1 aliphatic heterocycles. The molecule has 2 heterocycles. The molecule has 3 atom stereocenters. The summed E-state index contributed by atoms with van der Waals surface area (Å²) in [6.07, 6.45) is -6.92. The summed E-state index contributed by atoms with van der Waals surface area (Å²) < 4.78 is 82.1. The third-order valence-corrected chi connectivity index (χ3v) is 7.59. The number of benzene rings is 2. The molecule has 2 aromatic carbocycles. The Bertz CT molecular complexity index is 1440. The predicted molar refractivity (Wildman–Crippen MR) is 122 cm³/mol. The smallest absolute Gasteiger partial charge is 0.363 e. The van der Waals surface area contributed by atoms with Crippen molar-refractivity contribution < 1.29 is 31.1 Å². The average molecular weight is 509 g/mol. The molecule has 3 aromatic rings. The topological polar surface area (TPSA) is 65.2 Å². The minimum absolute atomic E-state index is 0.0734. The van der Waals surface area contributed by atoms with E-state index in [-0.39, 0.29) is 17.1 Å². The molecule has 0 bridgehead atoms. The second kappa shape index (κ2) is 7.75. The van der Waals surface area contributed by atoms with Crippen LogP contribution in [0.5, 0.6) is 0 Å². The number of halogens is 6. The van der Waals surface area contributed by atoms with Gasteiger partial charge >= 0.3 is 12.4 Å².